The van der Waals surface area contributed by atoms with E-state index in [-0.39, 0.29) is 5.71 Å². The van der Waals surface area contributed by atoms with Crippen LogP contribution in [-0.2, 0) is 4.79 Å². The normalized spacial score (nSPS) is 9.80. The van der Waals surface area contributed by atoms with E-state index in [2.05, 4.69) is 0 Å². The lowest BCUT2D eigenvalue weighted by molar-refractivity contribution is -0.113. The van der Waals surface area contributed by atoms with Crippen LogP contribution in [0.1, 0.15) is 11.1 Å². The number of allylic oxidation sites excluding steroid dienone is 1. The van der Waals surface area contributed by atoms with Crippen molar-refractivity contribution in [2.75, 3.05) is 0 Å². The number of hydrogen-bond acceptors (Lipinski definition) is 3. The first-order valence-electron chi connectivity index (χ1n) is 4.20. The summed E-state index contributed by atoms with van der Waals surface area (Å²) in [4.78, 5) is 10.4. The maximum absolute atomic E-state index is 10.4. The van der Waals surface area contributed by atoms with Crippen molar-refractivity contribution in [1.29, 1.82) is 10.7 Å². The molecule has 0 saturated heterocycles. The molecule has 1 aromatic carbocycles. The zero-order valence-electron chi connectivity index (χ0n) is 7.90. The van der Waals surface area contributed by atoms with Gasteiger partial charge < -0.3 is 11.1 Å². The van der Waals surface area contributed by atoms with Gasteiger partial charge in [0.05, 0.1) is 17.3 Å². The van der Waals surface area contributed by atoms with E-state index in [4.69, 9.17) is 16.4 Å². The summed E-state index contributed by atoms with van der Waals surface area (Å²) in [5.74, 6) is -0.601. The first kappa shape index (κ1) is 10.7. The summed E-state index contributed by atoms with van der Waals surface area (Å²) < 4.78 is 0. The summed E-state index contributed by atoms with van der Waals surface area (Å²) in [6.07, 6.45) is 2.42. The predicted molar refractivity (Wildman–Crippen MR) is 56.3 cm³/mol. The second kappa shape index (κ2) is 4.72. The SMILES string of the molecule is N#Cc1cccc(C(=N)/C=C\C(N)=O)c1. The van der Waals surface area contributed by atoms with E-state index >= 15 is 0 Å². The molecule has 0 saturated carbocycles. The van der Waals surface area contributed by atoms with Crippen LogP contribution < -0.4 is 5.73 Å². The van der Waals surface area contributed by atoms with Gasteiger partial charge in [0, 0.05) is 11.6 Å². The van der Waals surface area contributed by atoms with Crippen LogP contribution >= 0.6 is 0 Å². The summed E-state index contributed by atoms with van der Waals surface area (Å²) in [5, 5.41) is 16.2. The number of nitrogens with zero attached hydrogens (tertiary/aromatic N) is 1. The molecule has 1 rings (SSSR count). The fraction of sp³-hybridized carbons (Fsp3) is 0. The Balaban J connectivity index is 2.93. The van der Waals surface area contributed by atoms with Gasteiger partial charge in [-0.15, -0.1) is 0 Å². The lowest BCUT2D eigenvalue weighted by Gasteiger charge is -1.98. The van der Waals surface area contributed by atoms with Gasteiger partial charge in [-0.2, -0.15) is 5.26 Å². The Hall–Kier alpha value is -2.41. The Morgan fingerprint density at radius 1 is 1.47 bits per heavy atom. The first-order chi connectivity index (χ1) is 7.13. The molecule has 0 spiro atoms. The number of amides is 1. The van der Waals surface area contributed by atoms with Crippen LogP contribution in [0.5, 0.6) is 0 Å². The summed E-state index contributed by atoms with van der Waals surface area (Å²) in [7, 11) is 0. The van der Waals surface area contributed by atoms with E-state index in [0.717, 1.165) is 6.08 Å². The van der Waals surface area contributed by atoms with Crippen molar-refractivity contribution in [2.45, 2.75) is 0 Å². The number of carbonyl (C=O) groups excluding carboxylic acids is 1. The zero-order chi connectivity index (χ0) is 11.3. The van der Waals surface area contributed by atoms with Crippen LogP contribution in [0.2, 0.25) is 0 Å². The van der Waals surface area contributed by atoms with Crippen LogP contribution in [0.3, 0.4) is 0 Å². The molecule has 0 bridgehead atoms. The van der Waals surface area contributed by atoms with Gasteiger partial charge in [0.2, 0.25) is 5.91 Å². The van der Waals surface area contributed by atoms with Gasteiger partial charge in [-0.1, -0.05) is 12.1 Å². The highest BCUT2D eigenvalue weighted by Gasteiger charge is 1.98. The molecule has 0 atom stereocenters. The summed E-state index contributed by atoms with van der Waals surface area (Å²) >= 11 is 0. The van der Waals surface area contributed by atoms with Gasteiger partial charge in [0.15, 0.2) is 0 Å². The number of primary amides is 1. The van der Waals surface area contributed by atoms with Crippen molar-refractivity contribution in [2.24, 2.45) is 5.73 Å². The monoisotopic (exact) mass is 199 g/mol. The Kier molecular flexibility index (Phi) is 3.36. The number of rotatable bonds is 3. The summed E-state index contributed by atoms with van der Waals surface area (Å²) in [6, 6.07) is 8.57. The maximum atomic E-state index is 10.4. The largest absolute Gasteiger partial charge is 0.366 e. The van der Waals surface area contributed by atoms with E-state index in [9.17, 15) is 4.79 Å². The zero-order valence-corrected chi connectivity index (χ0v) is 7.90. The summed E-state index contributed by atoms with van der Waals surface area (Å²) in [5.41, 5.74) is 6.10. The van der Waals surface area contributed by atoms with Crippen molar-refractivity contribution in [3.63, 3.8) is 0 Å². The van der Waals surface area contributed by atoms with Gasteiger partial charge in [-0.25, -0.2) is 0 Å². The average Bonchev–Trinajstić information content (AvgIpc) is 2.26. The van der Waals surface area contributed by atoms with Crippen molar-refractivity contribution >= 4 is 11.6 Å². The quantitative estimate of drug-likeness (QED) is 0.560. The number of nitriles is 1. The third-order valence-corrected chi connectivity index (χ3v) is 1.72. The Bertz CT molecular complexity index is 469. The highest BCUT2D eigenvalue weighted by atomic mass is 16.1. The predicted octanol–water partition coefficient (Wildman–Crippen LogP) is 0.968. The molecule has 0 aliphatic carbocycles. The van der Waals surface area contributed by atoms with E-state index in [1.807, 2.05) is 6.07 Å². The number of hydrogen-bond donors (Lipinski definition) is 2. The van der Waals surface area contributed by atoms with E-state index in [1.54, 1.807) is 24.3 Å². The maximum Gasteiger partial charge on any atom is 0.241 e. The lowest BCUT2D eigenvalue weighted by Crippen LogP contribution is -2.07. The molecule has 0 fully saturated rings. The molecule has 0 heterocycles. The molecule has 1 aromatic rings. The minimum absolute atomic E-state index is 0.144. The average molecular weight is 199 g/mol. The Morgan fingerprint density at radius 2 is 2.20 bits per heavy atom. The number of benzene rings is 1. The molecule has 15 heavy (non-hydrogen) atoms. The van der Waals surface area contributed by atoms with E-state index < -0.39 is 5.91 Å². The van der Waals surface area contributed by atoms with Gasteiger partial charge in [0.1, 0.15) is 0 Å². The van der Waals surface area contributed by atoms with Crippen molar-refractivity contribution < 1.29 is 4.79 Å². The highest BCUT2D eigenvalue weighted by Crippen LogP contribution is 2.05. The molecular weight excluding hydrogens is 190 g/mol. The molecule has 0 aliphatic rings. The third-order valence-electron chi connectivity index (χ3n) is 1.72. The molecule has 0 aromatic heterocycles. The van der Waals surface area contributed by atoms with Gasteiger partial charge >= 0.3 is 0 Å². The molecule has 74 valence electrons. The van der Waals surface area contributed by atoms with Gasteiger partial charge in [-0.3, -0.25) is 4.79 Å². The minimum atomic E-state index is -0.601. The van der Waals surface area contributed by atoms with Crippen LogP contribution in [0.25, 0.3) is 0 Å². The molecule has 1 amide bonds. The second-order valence-electron chi connectivity index (χ2n) is 2.84. The van der Waals surface area contributed by atoms with Gasteiger partial charge in [0.25, 0.3) is 0 Å². The Morgan fingerprint density at radius 3 is 2.80 bits per heavy atom. The van der Waals surface area contributed by atoms with Gasteiger partial charge in [-0.05, 0) is 18.2 Å². The van der Waals surface area contributed by atoms with E-state index in [0.29, 0.717) is 11.1 Å². The van der Waals surface area contributed by atoms with Crippen LogP contribution in [-0.4, -0.2) is 11.6 Å². The van der Waals surface area contributed by atoms with Crippen LogP contribution in [0.4, 0.5) is 0 Å². The minimum Gasteiger partial charge on any atom is -0.366 e. The first-order valence-corrected chi connectivity index (χ1v) is 4.20. The second-order valence-corrected chi connectivity index (χ2v) is 2.84. The molecule has 3 N–H and O–H groups in total. The lowest BCUT2D eigenvalue weighted by atomic mass is 10.1. The molecule has 0 aliphatic heterocycles. The summed E-state index contributed by atoms with van der Waals surface area (Å²) in [6.45, 7) is 0. The third kappa shape index (κ3) is 3.08. The number of nitrogens with one attached hydrogen (secondary N) is 1. The number of nitrogens with two attached hydrogens (primary N) is 1. The van der Waals surface area contributed by atoms with E-state index in [1.165, 1.54) is 6.08 Å². The van der Waals surface area contributed by atoms with Crippen molar-refractivity contribution in [1.82, 2.24) is 0 Å². The highest BCUT2D eigenvalue weighted by molar-refractivity contribution is 6.09. The fourth-order valence-electron chi connectivity index (χ4n) is 1.02. The molecule has 0 radical (unpaired) electrons. The molecule has 4 heteroatoms. The van der Waals surface area contributed by atoms with Crippen LogP contribution in [0.15, 0.2) is 36.4 Å². The van der Waals surface area contributed by atoms with Crippen molar-refractivity contribution in [3.8, 4) is 6.07 Å². The smallest absolute Gasteiger partial charge is 0.241 e. The fourth-order valence-corrected chi connectivity index (χ4v) is 1.02. The molecule has 0 unspecified atom stereocenters. The number of carbonyl (C=O) groups is 1. The standard InChI is InChI=1S/C11H9N3O/c12-7-8-2-1-3-9(6-8)10(13)4-5-11(14)15/h1-6,13H,(H2,14,15)/b5-4-,13-10?. The van der Waals surface area contributed by atoms with Crippen LogP contribution in [0, 0.1) is 16.7 Å². The molecule has 4 nitrogen and oxygen atoms in total. The van der Waals surface area contributed by atoms with Crippen molar-refractivity contribution in [3.05, 3.63) is 47.5 Å². The Labute approximate surface area is 87.1 Å². The molecular formula is C11H9N3O. The topological polar surface area (TPSA) is 90.7 Å².